The molecule has 0 saturated heterocycles. The van der Waals surface area contributed by atoms with E-state index in [4.69, 9.17) is 37.1 Å². The lowest BCUT2D eigenvalue weighted by Crippen LogP contribution is -2.23. The lowest BCUT2D eigenvalue weighted by Gasteiger charge is -2.11. The molecule has 0 bridgehead atoms. The number of alkyl halides is 6. The Balaban J connectivity index is 0.000000289. The zero-order chi connectivity index (χ0) is 51.5. The topological polar surface area (TPSA) is 203 Å². The van der Waals surface area contributed by atoms with E-state index < -0.39 is 50.6 Å². The summed E-state index contributed by atoms with van der Waals surface area (Å²) >= 11 is 10.3. The van der Waals surface area contributed by atoms with Gasteiger partial charge in [-0.3, -0.25) is 28.5 Å². The monoisotopic (exact) mass is 1040 g/mol. The number of aromatic nitrogens is 2. The molecule has 0 spiro atoms. The molecule has 23 heteroatoms. The van der Waals surface area contributed by atoms with E-state index in [-0.39, 0.29) is 31.2 Å². The number of nitrogens with zero attached hydrogens (tertiary/aromatic N) is 2. The van der Waals surface area contributed by atoms with Gasteiger partial charge in [0.15, 0.2) is 0 Å². The van der Waals surface area contributed by atoms with Crippen LogP contribution in [0.25, 0.3) is 0 Å². The molecule has 0 radical (unpaired) electrons. The van der Waals surface area contributed by atoms with Crippen molar-refractivity contribution in [2.45, 2.75) is 52.4 Å². The maximum atomic E-state index is 12.6. The normalized spacial score (nSPS) is 11.5. The van der Waals surface area contributed by atoms with E-state index in [0.29, 0.717) is 34.1 Å². The summed E-state index contributed by atoms with van der Waals surface area (Å²) in [7, 11) is -3.41. The van der Waals surface area contributed by atoms with Crippen molar-refractivity contribution in [2.24, 2.45) is 0 Å². The summed E-state index contributed by atoms with van der Waals surface area (Å²) in [6.45, 7) is 4.46. The van der Waals surface area contributed by atoms with E-state index in [9.17, 15) is 44.3 Å². The standard InChI is InChI=1S/C22H19ClF3N3O.C15H14F3N3O3S.C8H9ClO.CH4O2S/c1-14-3-2-4-16(20(14)23)11-27-18-8-5-15(6-9-18)21(30)29-13-19-10-7-17(12-28-19)22(24,25)26;1-25(23,24)21-12-5-3-11(4-6-12)14(22)20-9-10-2-7-13(19-8-10)15(16,17)18;1-6-3-2-4-7(5-10)8(6)9;1-4(2)3/h2-10,12,27H,11,13H2,1H3,(H,29,30);2-8,21H,9H2,1H3,(H,20,22);2-4,10H,5H2,1H3;1H3,(H,2,3)/p-1. The van der Waals surface area contributed by atoms with Gasteiger partial charge in [-0.15, -0.1) is 0 Å². The molecular weight excluding hydrogens is 998 g/mol. The number of halogens is 8. The molecule has 6 aromatic rings. The van der Waals surface area contributed by atoms with Gasteiger partial charge in [0.2, 0.25) is 10.0 Å². The highest BCUT2D eigenvalue weighted by molar-refractivity contribution is 7.92. The minimum atomic E-state index is -4.51. The number of nitrogens with one attached hydrogen (secondary N) is 4. The molecule has 69 heavy (non-hydrogen) atoms. The molecule has 0 saturated carbocycles. The number of rotatable bonds is 12. The van der Waals surface area contributed by atoms with Crippen LogP contribution in [0.4, 0.5) is 37.7 Å². The molecular formula is C46H45Cl2F6N6O7S2-. The van der Waals surface area contributed by atoms with Crippen LogP contribution in [0.5, 0.6) is 0 Å². The van der Waals surface area contributed by atoms with Gasteiger partial charge in [0.1, 0.15) is 5.69 Å². The van der Waals surface area contributed by atoms with Crippen LogP contribution in [0.2, 0.25) is 10.0 Å². The summed E-state index contributed by atoms with van der Waals surface area (Å²) < 4.78 is 117. The maximum absolute atomic E-state index is 12.6. The summed E-state index contributed by atoms with van der Waals surface area (Å²) in [5.74, 6) is -0.796. The number of aliphatic hydroxyl groups excluding tert-OH is 1. The number of carbonyl (C=O) groups excluding carboxylic acids is 2. The zero-order valence-electron chi connectivity index (χ0n) is 37.0. The number of hydrogen-bond acceptors (Lipinski definition) is 10. The summed E-state index contributed by atoms with van der Waals surface area (Å²) in [5.41, 5.74) is 4.55. The molecule has 4 aromatic carbocycles. The zero-order valence-corrected chi connectivity index (χ0v) is 40.2. The van der Waals surface area contributed by atoms with Crippen molar-refractivity contribution in [3.8, 4) is 0 Å². The van der Waals surface area contributed by atoms with Gasteiger partial charge in [-0.25, -0.2) is 8.42 Å². The molecule has 2 aromatic heterocycles. The van der Waals surface area contributed by atoms with Gasteiger partial charge < -0.3 is 25.6 Å². The summed E-state index contributed by atoms with van der Waals surface area (Å²) in [5, 5.41) is 18.6. The van der Waals surface area contributed by atoms with Crippen molar-refractivity contribution in [2.75, 3.05) is 22.6 Å². The van der Waals surface area contributed by atoms with E-state index in [1.54, 1.807) is 24.3 Å². The molecule has 370 valence electrons. The molecule has 0 aliphatic heterocycles. The van der Waals surface area contributed by atoms with Crippen molar-refractivity contribution in [1.29, 1.82) is 0 Å². The van der Waals surface area contributed by atoms with Crippen LogP contribution in [0.1, 0.15) is 65.5 Å². The van der Waals surface area contributed by atoms with Crippen LogP contribution in [-0.2, 0) is 59.7 Å². The lowest BCUT2D eigenvalue weighted by molar-refractivity contribution is -0.141. The second-order valence-corrected chi connectivity index (χ2v) is 17.8. The van der Waals surface area contributed by atoms with Gasteiger partial charge in [-0.1, -0.05) is 76.7 Å². The van der Waals surface area contributed by atoms with Crippen LogP contribution in [0.15, 0.2) is 122 Å². The fourth-order valence-electron chi connectivity index (χ4n) is 5.47. The summed E-state index contributed by atoms with van der Waals surface area (Å²) in [4.78, 5) is 31.3. The van der Waals surface area contributed by atoms with Gasteiger partial charge in [0.05, 0.1) is 30.7 Å². The van der Waals surface area contributed by atoms with Crippen molar-refractivity contribution >= 4 is 67.5 Å². The predicted molar refractivity (Wildman–Crippen MR) is 253 cm³/mol. The lowest BCUT2D eigenvalue weighted by atomic mass is 10.1. The van der Waals surface area contributed by atoms with E-state index in [1.807, 2.05) is 50.2 Å². The summed E-state index contributed by atoms with van der Waals surface area (Å²) in [6.07, 6.45) is -5.06. The second kappa shape index (κ2) is 26.6. The van der Waals surface area contributed by atoms with Gasteiger partial charge in [-0.2, -0.15) is 26.3 Å². The molecule has 0 aliphatic rings. The van der Waals surface area contributed by atoms with Crippen LogP contribution in [-0.4, -0.2) is 56.6 Å². The Morgan fingerprint density at radius 2 is 1.19 bits per heavy atom. The smallest absolute Gasteiger partial charge is 0.433 e. The molecule has 0 aliphatic carbocycles. The maximum Gasteiger partial charge on any atom is 0.433 e. The molecule has 1 atom stereocenters. The van der Waals surface area contributed by atoms with Crippen LogP contribution >= 0.6 is 23.2 Å². The minimum absolute atomic E-state index is 0.00725. The SMILES string of the molecule is CS(=O)(=O)Nc1ccc(C(=O)NCc2ccc(C(F)(F)F)nc2)cc1.CS(=O)[O-].Cc1cccc(CNc2ccc(C(=O)NCc3ccc(C(F)(F)F)cn3)cc2)c1Cl.Cc1cccc(CO)c1Cl. The van der Waals surface area contributed by atoms with Crippen LogP contribution < -0.4 is 20.7 Å². The largest absolute Gasteiger partial charge is 0.773 e. The molecule has 6 rings (SSSR count). The average molecular weight is 1040 g/mol. The van der Waals surface area contributed by atoms with E-state index in [2.05, 4.69) is 30.6 Å². The number of anilines is 2. The number of pyridine rings is 2. The van der Waals surface area contributed by atoms with Gasteiger partial charge in [-0.05, 0) is 115 Å². The molecule has 5 N–H and O–H groups in total. The third-order valence-electron chi connectivity index (χ3n) is 8.94. The number of hydrogen-bond donors (Lipinski definition) is 5. The number of sulfonamides is 1. The predicted octanol–water partition coefficient (Wildman–Crippen LogP) is 9.64. The van der Waals surface area contributed by atoms with Crippen LogP contribution in [0.3, 0.4) is 0 Å². The fourth-order valence-corrected chi connectivity index (χ4v) is 6.41. The quantitative estimate of drug-likeness (QED) is 0.0580. The van der Waals surface area contributed by atoms with Gasteiger partial charge in [0, 0.05) is 58.0 Å². The number of carbonyl (C=O) groups is 2. The van der Waals surface area contributed by atoms with E-state index in [0.717, 1.165) is 70.0 Å². The Labute approximate surface area is 407 Å². The van der Waals surface area contributed by atoms with Crippen molar-refractivity contribution in [3.05, 3.63) is 188 Å². The highest BCUT2D eigenvalue weighted by Gasteiger charge is 2.32. The van der Waals surface area contributed by atoms with Crippen molar-refractivity contribution in [1.82, 2.24) is 20.6 Å². The third-order valence-corrected chi connectivity index (χ3v) is 10.6. The highest BCUT2D eigenvalue weighted by Crippen LogP contribution is 2.29. The van der Waals surface area contributed by atoms with E-state index >= 15 is 0 Å². The first kappa shape index (κ1) is 57.2. The molecule has 1 unspecified atom stereocenters. The van der Waals surface area contributed by atoms with Crippen LogP contribution in [0, 0.1) is 13.8 Å². The number of amides is 2. The highest BCUT2D eigenvalue weighted by atomic mass is 35.5. The first-order valence-electron chi connectivity index (χ1n) is 19.9. The Kier molecular flexibility index (Phi) is 22.1. The number of benzene rings is 4. The summed E-state index contributed by atoms with van der Waals surface area (Å²) in [6, 6.07) is 28.3. The van der Waals surface area contributed by atoms with Crippen molar-refractivity contribution in [3.63, 3.8) is 0 Å². The average Bonchev–Trinajstić information content (AvgIpc) is 3.28. The third kappa shape index (κ3) is 20.6. The first-order valence-corrected chi connectivity index (χ1v) is 24.0. The molecule has 2 heterocycles. The second-order valence-electron chi connectivity index (χ2n) is 14.5. The van der Waals surface area contributed by atoms with Crippen molar-refractivity contribution < 1.29 is 58.2 Å². The molecule has 2 amide bonds. The fraction of sp³-hybridized carbons (Fsp3) is 0.217. The number of aryl methyl sites for hydroxylation is 2. The Hall–Kier alpha value is -6.10. The molecule has 13 nitrogen and oxygen atoms in total. The van der Waals surface area contributed by atoms with E-state index in [1.165, 1.54) is 36.4 Å². The minimum Gasteiger partial charge on any atom is -0.773 e. The number of aliphatic hydroxyl groups is 1. The Morgan fingerprint density at radius 1 is 0.681 bits per heavy atom. The van der Waals surface area contributed by atoms with Gasteiger partial charge in [0.25, 0.3) is 11.8 Å². The van der Waals surface area contributed by atoms with Gasteiger partial charge >= 0.3 is 12.4 Å². The Bertz CT molecular complexity index is 2750. The molecule has 0 fully saturated rings. The Morgan fingerprint density at radius 3 is 1.62 bits per heavy atom. The first-order chi connectivity index (χ1) is 32.3.